The topological polar surface area (TPSA) is 66.0 Å². The lowest BCUT2D eigenvalue weighted by atomic mass is 10.1. The Morgan fingerprint density at radius 1 is 1.43 bits per heavy atom. The minimum Gasteiger partial charge on any atom is -0.382 e. The molecule has 4 heteroatoms. The fourth-order valence-corrected chi connectivity index (χ4v) is 3.11. The van der Waals surface area contributed by atoms with Crippen molar-refractivity contribution in [1.29, 1.82) is 5.41 Å². The van der Waals surface area contributed by atoms with E-state index in [9.17, 15) is 0 Å². The molecule has 1 fully saturated rings. The van der Waals surface area contributed by atoms with Gasteiger partial charge in [0.25, 0.3) is 0 Å². The van der Waals surface area contributed by atoms with Crippen LogP contribution in [0.4, 0.5) is 0 Å². The SMILES string of the molecule is CC(C)CCN(Cc1cccnc1C(=N)N)C1CCCC1. The highest BCUT2D eigenvalue weighted by Gasteiger charge is 2.23. The van der Waals surface area contributed by atoms with E-state index in [0.717, 1.165) is 24.6 Å². The normalized spacial score (nSPS) is 16.0. The molecule has 2 rings (SSSR count). The zero-order chi connectivity index (χ0) is 15.2. The Morgan fingerprint density at radius 3 is 2.76 bits per heavy atom. The second kappa shape index (κ2) is 7.55. The van der Waals surface area contributed by atoms with Crippen LogP contribution in [0.1, 0.15) is 57.2 Å². The molecule has 1 heterocycles. The van der Waals surface area contributed by atoms with Crippen LogP contribution in [0.5, 0.6) is 0 Å². The van der Waals surface area contributed by atoms with Crippen LogP contribution in [0.25, 0.3) is 0 Å². The summed E-state index contributed by atoms with van der Waals surface area (Å²) in [6, 6.07) is 4.68. The van der Waals surface area contributed by atoms with Crippen LogP contribution in [0, 0.1) is 11.3 Å². The number of rotatable bonds is 7. The van der Waals surface area contributed by atoms with Crippen LogP contribution in [0.15, 0.2) is 18.3 Å². The van der Waals surface area contributed by atoms with Gasteiger partial charge in [-0.2, -0.15) is 0 Å². The first-order chi connectivity index (χ1) is 10.1. The minimum absolute atomic E-state index is 0.0702. The molecule has 1 saturated carbocycles. The van der Waals surface area contributed by atoms with E-state index in [1.54, 1.807) is 6.20 Å². The minimum atomic E-state index is 0.0702. The molecule has 1 aliphatic carbocycles. The van der Waals surface area contributed by atoms with Crippen molar-refractivity contribution in [2.24, 2.45) is 11.7 Å². The van der Waals surface area contributed by atoms with Crippen LogP contribution in [0.3, 0.4) is 0 Å². The molecule has 1 aromatic heterocycles. The van der Waals surface area contributed by atoms with Crippen LogP contribution >= 0.6 is 0 Å². The largest absolute Gasteiger partial charge is 0.382 e. The summed E-state index contributed by atoms with van der Waals surface area (Å²) < 4.78 is 0. The van der Waals surface area contributed by atoms with Crippen molar-refractivity contribution in [1.82, 2.24) is 9.88 Å². The molecule has 1 aliphatic rings. The predicted octanol–water partition coefficient (Wildman–Crippen LogP) is 3.16. The van der Waals surface area contributed by atoms with Crippen LogP contribution < -0.4 is 5.73 Å². The third-order valence-corrected chi connectivity index (χ3v) is 4.35. The smallest absolute Gasteiger partial charge is 0.142 e. The number of hydrogen-bond acceptors (Lipinski definition) is 3. The molecule has 1 aromatic rings. The number of nitrogens with zero attached hydrogens (tertiary/aromatic N) is 2. The summed E-state index contributed by atoms with van der Waals surface area (Å²) in [6.07, 6.45) is 8.22. The zero-order valence-corrected chi connectivity index (χ0v) is 13.3. The monoisotopic (exact) mass is 288 g/mol. The lowest BCUT2D eigenvalue weighted by Gasteiger charge is -2.30. The van der Waals surface area contributed by atoms with Crippen molar-refractivity contribution in [3.63, 3.8) is 0 Å². The quantitative estimate of drug-likeness (QED) is 0.598. The fourth-order valence-electron chi connectivity index (χ4n) is 3.11. The van der Waals surface area contributed by atoms with Crippen LogP contribution in [-0.4, -0.2) is 28.3 Å². The second-order valence-electron chi connectivity index (χ2n) is 6.52. The number of nitrogen functional groups attached to an aromatic ring is 1. The van der Waals surface area contributed by atoms with Gasteiger partial charge in [-0.1, -0.05) is 32.8 Å². The first-order valence-electron chi connectivity index (χ1n) is 8.10. The predicted molar refractivity (Wildman–Crippen MR) is 87.4 cm³/mol. The molecule has 0 amide bonds. The van der Waals surface area contributed by atoms with Crippen molar-refractivity contribution in [3.8, 4) is 0 Å². The van der Waals surface area contributed by atoms with Gasteiger partial charge in [-0.3, -0.25) is 15.3 Å². The molecule has 0 spiro atoms. The maximum atomic E-state index is 7.70. The summed E-state index contributed by atoms with van der Waals surface area (Å²) in [5.74, 6) is 0.788. The maximum Gasteiger partial charge on any atom is 0.142 e. The molecule has 4 nitrogen and oxygen atoms in total. The molecule has 0 saturated heterocycles. The number of pyridine rings is 1. The van der Waals surface area contributed by atoms with Gasteiger partial charge >= 0.3 is 0 Å². The summed E-state index contributed by atoms with van der Waals surface area (Å²) in [4.78, 5) is 6.86. The number of amidine groups is 1. The Kier molecular flexibility index (Phi) is 5.74. The van der Waals surface area contributed by atoms with Crippen molar-refractivity contribution in [2.75, 3.05) is 6.54 Å². The van der Waals surface area contributed by atoms with E-state index in [1.165, 1.54) is 32.1 Å². The fraction of sp³-hybridized carbons (Fsp3) is 0.647. The Balaban J connectivity index is 2.12. The first kappa shape index (κ1) is 16.0. The molecule has 21 heavy (non-hydrogen) atoms. The van der Waals surface area contributed by atoms with Gasteiger partial charge in [0, 0.05) is 18.8 Å². The van der Waals surface area contributed by atoms with Crippen molar-refractivity contribution < 1.29 is 0 Å². The van der Waals surface area contributed by atoms with E-state index in [-0.39, 0.29) is 5.84 Å². The zero-order valence-electron chi connectivity index (χ0n) is 13.3. The summed E-state index contributed by atoms with van der Waals surface area (Å²) in [5, 5.41) is 7.70. The number of hydrogen-bond donors (Lipinski definition) is 2. The summed E-state index contributed by atoms with van der Waals surface area (Å²) in [7, 11) is 0. The van der Waals surface area contributed by atoms with Crippen LogP contribution in [0.2, 0.25) is 0 Å². The molecule has 0 unspecified atom stereocenters. The van der Waals surface area contributed by atoms with Gasteiger partial charge in [-0.15, -0.1) is 0 Å². The summed E-state index contributed by atoms with van der Waals surface area (Å²) in [6.45, 7) is 6.53. The lowest BCUT2D eigenvalue weighted by molar-refractivity contribution is 0.179. The van der Waals surface area contributed by atoms with Gasteiger partial charge < -0.3 is 5.73 Å². The summed E-state index contributed by atoms with van der Waals surface area (Å²) >= 11 is 0. The standard InChI is InChI=1S/C17H28N4/c1-13(2)9-11-21(15-7-3-4-8-15)12-14-6-5-10-20-16(14)17(18)19/h5-6,10,13,15H,3-4,7-9,11-12H2,1-2H3,(H3,18,19). The van der Waals surface area contributed by atoms with Gasteiger partial charge in [0.2, 0.25) is 0 Å². The van der Waals surface area contributed by atoms with Crippen molar-refractivity contribution in [3.05, 3.63) is 29.6 Å². The molecular weight excluding hydrogens is 260 g/mol. The Labute approximate surface area is 128 Å². The number of aromatic nitrogens is 1. The van der Waals surface area contributed by atoms with Crippen molar-refractivity contribution in [2.45, 2.75) is 58.5 Å². The van der Waals surface area contributed by atoms with Gasteiger partial charge in [0.1, 0.15) is 11.5 Å². The average molecular weight is 288 g/mol. The van der Waals surface area contributed by atoms with E-state index in [1.807, 2.05) is 6.07 Å². The van der Waals surface area contributed by atoms with Crippen LogP contribution in [-0.2, 0) is 6.54 Å². The van der Waals surface area contributed by atoms with E-state index in [2.05, 4.69) is 29.8 Å². The Morgan fingerprint density at radius 2 is 2.14 bits per heavy atom. The number of nitrogens with two attached hydrogens (primary N) is 1. The highest BCUT2D eigenvalue weighted by molar-refractivity contribution is 5.94. The van der Waals surface area contributed by atoms with E-state index in [4.69, 9.17) is 11.1 Å². The molecule has 0 bridgehead atoms. The second-order valence-corrected chi connectivity index (χ2v) is 6.52. The molecule has 0 atom stereocenters. The lowest BCUT2D eigenvalue weighted by Crippen LogP contribution is -2.35. The third-order valence-electron chi connectivity index (χ3n) is 4.35. The molecule has 0 radical (unpaired) electrons. The molecule has 0 aliphatic heterocycles. The molecule has 3 N–H and O–H groups in total. The van der Waals surface area contributed by atoms with Crippen molar-refractivity contribution >= 4 is 5.84 Å². The Hall–Kier alpha value is -1.42. The number of nitrogens with one attached hydrogen (secondary N) is 1. The maximum absolute atomic E-state index is 7.70. The van der Waals surface area contributed by atoms with Gasteiger partial charge in [0.15, 0.2) is 0 Å². The summed E-state index contributed by atoms with van der Waals surface area (Å²) in [5.41, 5.74) is 7.40. The highest BCUT2D eigenvalue weighted by Crippen LogP contribution is 2.26. The Bertz CT molecular complexity index is 464. The molecular formula is C17H28N4. The van der Waals surface area contributed by atoms with Gasteiger partial charge in [-0.25, -0.2) is 0 Å². The van der Waals surface area contributed by atoms with Gasteiger partial charge in [-0.05, 0) is 43.4 Å². The van der Waals surface area contributed by atoms with E-state index in [0.29, 0.717) is 11.7 Å². The van der Waals surface area contributed by atoms with E-state index >= 15 is 0 Å². The first-order valence-corrected chi connectivity index (χ1v) is 8.10. The molecule has 116 valence electrons. The van der Waals surface area contributed by atoms with Gasteiger partial charge in [0.05, 0.1) is 0 Å². The highest BCUT2D eigenvalue weighted by atomic mass is 15.2. The molecule has 0 aromatic carbocycles. The average Bonchev–Trinajstić information content (AvgIpc) is 2.97. The van der Waals surface area contributed by atoms with E-state index < -0.39 is 0 Å². The third kappa shape index (κ3) is 4.53.